The van der Waals surface area contributed by atoms with Crippen LogP contribution in [0.4, 0.5) is 0 Å². The SMILES string of the molecule is COc1ccc([C@@H](NC(=O)c2ccccc2C(=O)O)c2ccccc2)cc1. The van der Waals surface area contributed by atoms with Crippen LogP contribution in [0.2, 0.25) is 0 Å². The molecule has 0 aliphatic heterocycles. The number of carbonyl (C=O) groups is 2. The van der Waals surface area contributed by atoms with Gasteiger partial charge in [0.05, 0.1) is 24.3 Å². The molecule has 1 amide bonds. The van der Waals surface area contributed by atoms with Crippen molar-refractivity contribution < 1.29 is 19.4 Å². The van der Waals surface area contributed by atoms with Crippen molar-refractivity contribution in [2.24, 2.45) is 0 Å². The van der Waals surface area contributed by atoms with Gasteiger partial charge in [-0.1, -0.05) is 54.6 Å². The van der Waals surface area contributed by atoms with E-state index in [4.69, 9.17) is 4.74 Å². The predicted octanol–water partition coefficient (Wildman–Crippen LogP) is 3.91. The highest BCUT2D eigenvalue weighted by atomic mass is 16.5. The monoisotopic (exact) mass is 361 g/mol. The van der Waals surface area contributed by atoms with Crippen molar-refractivity contribution in [1.29, 1.82) is 0 Å². The summed E-state index contributed by atoms with van der Waals surface area (Å²) in [6.45, 7) is 0. The molecule has 1 atom stereocenters. The Labute approximate surface area is 157 Å². The van der Waals surface area contributed by atoms with Crippen LogP contribution in [0.1, 0.15) is 37.9 Å². The summed E-state index contributed by atoms with van der Waals surface area (Å²) in [5.74, 6) is -0.868. The molecule has 27 heavy (non-hydrogen) atoms. The van der Waals surface area contributed by atoms with Gasteiger partial charge in [-0.3, -0.25) is 4.79 Å². The number of carboxylic acids is 1. The van der Waals surface area contributed by atoms with E-state index in [1.807, 2.05) is 54.6 Å². The van der Waals surface area contributed by atoms with Crippen molar-refractivity contribution in [3.8, 4) is 5.75 Å². The number of benzene rings is 3. The standard InChI is InChI=1S/C22H19NO4/c1-27-17-13-11-16(12-14-17)20(15-7-3-2-4-8-15)23-21(24)18-9-5-6-10-19(18)22(25)26/h2-14,20H,1H3,(H,23,24)(H,25,26)/t20-/m0/s1. The second kappa shape index (κ2) is 8.19. The molecule has 0 aromatic heterocycles. The summed E-state index contributed by atoms with van der Waals surface area (Å²) in [5, 5.41) is 12.3. The van der Waals surface area contributed by atoms with Crippen molar-refractivity contribution in [1.82, 2.24) is 5.32 Å². The van der Waals surface area contributed by atoms with Crippen molar-refractivity contribution in [2.45, 2.75) is 6.04 Å². The number of nitrogens with one attached hydrogen (secondary N) is 1. The molecule has 0 saturated carbocycles. The lowest BCUT2D eigenvalue weighted by atomic mass is 9.97. The molecular weight excluding hydrogens is 342 g/mol. The van der Waals surface area contributed by atoms with Gasteiger partial charge in [0.1, 0.15) is 5.75 Å². The van der Waals surface area contributed by atoms with E-state index in [2.05, 4.69) is 5.32 Å². The lowest BCUT2D eigenvalue weighted by Gasteiger charge is -2.20. The molecule has 0 heterocycles. The van der Waals surface area contributed by atoms with E-state index >= 15 is 0 Å². The van der Waals surface area contributed by atoms with E-state index in [-0.39, 0.29) is 11.1 Å². The number of methoxy groups -OCH3 is 1. The number of hydrogen-bond donors (Lipinski definition) is 2. The summed E-state index contributed by atoms with van der Waals surface area (Å²) < 4.78 is 5.19. The lowest BCUT2D eigenvalue weighted by Crippen LogP contribution is -2.30. The second-order valence-electron chi connectivity index (χ2n) is 5.94. The molecule has 5 nitrogen and oxygen atoms in total. The number of ether oxygens (including phenoxy) is 1. The molecule has 3 aromatic rings. The molecule has 0 aliphatic rings. The molecule has 3 aromatic carbocycles. The van der Waals surface area contributed by atoms with Gasteiger partial charge in [-0.15, -0.1) is 0 Å². The zero-order valence-electron chi connectivity index (χ0n) is 14.8. The number of carbonyl (C=O) groups excluding carboxylic acids is 1. The van der Waals surface area contributed by atoms with Crippen molar-refractivity contribution in [2.75, 3.05) is 7.11 Å². The first-order valence-electron chi connectivity index (χ1n) is 8.42. The van der Waals surface area contributed by atoms with Crippen LogP contribution in [0.5, 0.6) is 5.75 Å². The number of hydrogen-bond acceptors (Lipinski definition) is 3. The van der Waals surface area contributed by atoms with Gasteiger partial charge in [0.15, 0.2) is 0 Å². The number of carboxylic acid groups (broad SMARTS) is 1. The molecule has 0 aliphatic carbocycles. The van der Waals surface area contributed by atoms with Crippen molar-refractivity contribution in [3.63, 3.8) is 0 Å². The van der Waals surface area contributed by atoms with E-state index in [1.165, 1.54) is 12.1 Å². The Hall–Kier alpha value is -3.60. The average molecular weight is 361 g/mol. The Morgan fingerprint density at radius 1 is 0.815 bits per heavy atom. The fraction of sp³-hybridized carbons (Fsp3) is 0.0909. The number of rotatable bonds is 6. The summed E-state index contributed by atoms with van der Waals surface area (Å²) in [6, 6.07) is 22.7. The highest BCUT2D eigenvalue weighted by Crippen LogP contribution is 2.25. The van der Waals surface area contributed by atoms with E-state index in [9.17, 15) is 14.7 Å². The summed E-state index contributed by atoms with van der Waals surface area (Å²) >= 11 is 0. The minimum atomic E-state index is -1.14. The van der Waals surface area contributed by atoms with Gasteiger partial charge in [0, 0.05) is 0 Å². The van der Waals surface area contributed by atoms with Gasteiger partial charge < -0.3 is 15.2 Å². The Balaban J connectivity index is 1.97. The van der Waals surface area contributed by atoms with E-state index < -0.39 is 17.9 Å². The Morgan fingerprint density at radius 2 is 1.37 bits per heavy atom. The summed E-state index contributed by atoms with van der Waals surface area (Å²) in [7, 11) is 1.59. The molecule has 136 valence electrons. The van der Waals surface area contributed by atoms with Gasteiger partial charge in [0.2, 0.25) is 0 Å². The Kier molecular flexibility index (Phi) is 5.52. The highest BCUT2D eigenvalue weighted by Gasteiger charge is 2.21. The maximum atomic E-state index is 12.9. The minimum Gasteiger partial charge on any atom is -0.497 e. The molecule has 0 spiro atoms. The first-order chi connectivity index (χ1) is 13.1. The van der Waals surface area contributed by atoms with E-state index in [0.29, 0.717) is 5.75 Å². The topological polar surface area (TPSA) is 75.6 Å². The zero-order valence-corrected chi connectivity index (χ0v) is 14.8. The number of amides is 1. The quantitative estimate of drug-likeness (QED) is 0.698. The van der Waals surface area contributed by atoms with Gasteiger partial charge in [-0.05, 0) is 35.4 Å². The first-order valence-corrected chi connectivity index (χ1v) is 8.42. The van der Waals surface area contributed by atoms with Crippen LogP contribution in [0.25, 0.3) is 0 Å². The Morgan fingerprint density at radius 3 is 1.96 bits per heavy atom. The molecule has 0 saturated heterocycles. The number of aromatic carboxylic acids is 1. The van der Waals surface area contributed by atoms with Crippen molar-refractivity contribution >= 4 is 11.9 Å². The highest BCUT2D eigenvalue weighted by molar-refractivity contribution is 6.05. The largest absolute Gasteiger partial charge is 0.497 e. The van der Waals surface area contributed by atoms with Crippen LogP contribution in [0, 0.1) is 0 Å². The van der Waals surface area contributed by atoms with Crippen LogP contribution in [-0.2, 0) is 0 Å². The fourth-order valence-corrected chi connectivity index (χ4v) is 2.88. The van der Waals surface area contributed by atoms with Crippen LogP contribution in [0.15, 0.2) is 78.9 Å². The third-order valence-electron chi connectivity index (χ3n) is 4.26. The average Bonchev–Trinajstić information content (AvgIpc) is 2.72. The van der Waals surface area contributed by atoms with Gasteiger partial charge in [-0.2, -0.15) is 0 Å². The molecule has 5 heteroatoms. The normalized spacial score (nSPS) is 11.4. The smallest absolute Gasteiger partial charge is 0.336 e. The lowest BCUT2D eigenvalue weighted by molar-refractivity contribution is 0.0690. The van der Waals surface area contributed by atoms with Crippen LogP contribution in [0.3, 0.4) is 0 Å². The second-order valence-corrected chi connectivity index (χ2v) is 5.94. The maximum absolute atomic E-state index is 12.9. The van der Waals surface area contributed by atoms with Crippen molar-refractivity contribution in [3.05, 3.63) is 101 Å². The fourth-order valence-electron chi connectivity index (χ4n) is 2.88. The van der Waals surface area contributed by atoms with Gasteiger partial charge in [-0.25, -0.2) is 4.79 Å². The van der Waals surface area contributed by atoms with Crippen LogP contribution in [-0.4, -0.2) is 24.1 Å². The van der Waals surface area contributed by atoms with Gasteiger partial charge >= 0.3 is 5.97 Å². The molecule has 0 bridgehead atoms. The maximum Gasteiger partial charge on any atom is 0.336 e. The summed E-state index contributed by atoms with van der Waals surface area (Å²) in [5.41, 5.74) is 1.85. The molecule has 2 N–H and O–H groups in total. The van der Waals surface area contributed by atoms with Crippen LogP contribution >= 0.6 is 0 Å². The first kappa shape index (κ1) is 18.2. The molecule has 0 radical (unpaired) electrons. The molecule has 0 fully saturated rings. The summed E-state index contributed by atoms with van der Waals surface area (Å²) in [6.07, 6.45) is 0. The van der Waals surface area contributed by atoms with Crippen LogP contribution < -0.4 is 10.1 Å². The predicted molar refractivity (Wildman–Crippen MR) is 102 cm³/mol. The molecular formula is C22H19NO4. The molecule has 3 rings (SSSR count). The third kappa shape index (κ3) is 4.15. The zero-order chi connectivity index (χ0) is 19.2. The third-order valence-corrected chi connectivity index (χ3v) is 4.26. The summed E-state index contributed by atoms with van der Waals surface area (Å²) in [4.78, 5) is 24.3. The van der Waals surface area contributed by atoms with E-state index in [1.54, 1.807) is 19.2 Å². The Bertz CT molecular complexity index is 936. The molecule has 0 unspecified atom stereocenters. The minimum absolute atomic E-state index is 0.0310. The van der Waals surface area contributed by atoms with Gasteiger partial charge in [0.25, 0.3) is 5.91 Å². The van der Waals surface area contributed by atoms with E-state index in [0.717, 1.165) is 11.1 Å².